The standard InChI is InChI=1S/C15H23NO3/c1-13-4-6-14(7-5-13)12-16(10-11-18-2)9-8-15(17)19-3/h4-7H,8-12H2,1-3H3. The van der Waals surface area contributed by atoms with Crippen molar-refractivity contribution in [2.45, 2.75) is 19.9 Å². The summed E-state index contributed by atoms with van der Waals surface area (Å²) in [4.78, 5) is 13.4. The lowest BCUT2D eigenvalue weighted by Gasteiger charge is -2.21. The largest absolute Gasteiger partial charge is 0.469 e. The van der Waals surface area contributed by atoms with Crippen LogP contribution in [0.4, 0.5) is 0 Å². The molecule has 0 N–H and O–H groups in total. The van der Waals surface area contributed by atoms with E-state index in [1.165, 1.54) is 18.2 Å². The van der Waals surface area contributed by atoms with E-state index in [0.717, 1.165) is 13.1 Å². The van der Waals surface area contributed by atoms with Gasteiger partial charge in [0, 0.05) is 26.7 Å². The highest BCUT2D eigenvalue weighted by Gasteiger charge is 2.09. The van der Waals surface area contributed by atoms with Crippen LogP contribution in [0.1, 0.15) is 17.5 Å². The Morgan fingerprint density at radius 3 is 2.42 bits per heavy atom. The van der Waals surface area contributed by atoms with Gasteiger partial charge in [-0.15, -0.1) is 0 Å². The van der Waals surface area contributed by atoms with E-state index in [1.807, 2.05) is 0 Å². The summed E-state index contributed by atoms with van der Waals surface area (Å²) in [6.45, 7) is 5.04. The zero-order valence-electron chi connectivity index (χ0n) is 12.0. The van der Waals surface area contributed by atoms with Gasteiger partial charge < -0.3 is 9.47 Å². The average molecular weight is 265 g/mol. The molecule has 0 aliphatic carbocycles. The Labute approximate surface area is 115 Å². The first-order valence-electron chi connectivity index (χ1n) is 6.49. The van der Waals surface area contributed by atoms with Crippen LogP contribution >= 0.6 is 0 Å². The van der Waals surface area contributed by atoms with E-state index in [9.17, 15) is 4.79 Å². The molecule has 106 valence electrons. The number of hydrogen-bond donors (Lipinski definition) is 0. The fourth-order valence-electron chi connectivity index (χ4n) is 1.79. The molecule has 0 aliphatic rings. The normalized spacial score (nSPS) is 10.7. The molecule has 0 unspecified atom stereocenters. The highest BCUT2D eigenvalue weighted by atomic mass is 16.5. The monoisotopic (exact) mass is 265 g/mol. The van der Waals surface area contributed by atoms with Crippen LogP contribution in [0.15, 0.2) is 24.3 Å². The number of carbonyl (C=O) groups excluding carboxylic acids is 1. The fourth-order valence-corrected chi connectivity index (χ4v) is 1.79. The predicted molar refractivity (Wildman–Crippen MR) is 75.0 cm³/mol. The van der Waals surface area contributed by atoms with E-state index in [-0.39, 0.29) is 5.97 Å². The van der Waals surface area contributed by atoms with Crippen molar-refractivity contribution in [2.24, 2.45) is 0 Å². The Morgan fingerprint density at radius 1 is 1.16 bits per heavy atom. The third kappa shape index (κ3) is 6.36. The zero-order valence-corrected chi connectivity index (χ0v) is 12.0. The Balaban J connectivity index is 2.52. The molecule has 1 aromatic carbocycles. The second kappa shape index (κ2) is 8.67. The van der Waals surface area contributed by atoms with Crippen LogP contribution in [0.25, 0.3) is 0 Å². The molecule has 0 aliphatic heterocycles. The lowest BCUT2D eigenvalue weighted by molar-refractivity contribution is -0.141. The van der Waals surface area contributed by atoms with E-state index in [4.69, 9.17) is 4.74 Å². The molecular formula is C15H23NO3. The summed E-state index contributed by atoms with van der Waals surface area (Å²) in [5.41, 5.74) is 2.49. The number of benzene rings is 1. The van der Waals surface area contributed by atoms with Gasteiger partial charge in [0.25, 0.3) is 0 Å². The van der Waals surface area contributed by atoms with Gasteiger partial charge in [-0.2, -0.15) is 0 Å². The van der Waals surface area contributed by atoms with Crippen molar-refractivity contribution in [1.82, 2.24) is 4.90 Å². The third-order valence-electron chi connectivity index (χ3n) is 3.00. The molecule has 4 heteroatoms. The molecule has 4 nitrogen and oxygen atoms in total. The second-order valence-corrected chi connectivity index (χ2v) is 4.58. The third-order valence-corrected chi connectivity index (χ3v) is 3.00. The minimum Gasteiger partial charge on any atom is -0.469 e. The first-order chi connectivity index (χ1) is 9.15. The van der Waals surface area contributed by atoms with Crippen molar-refractivity contribution in [1.29, 1.82) is 0 Å². The van der Waals surface area contributed by atoms with E-state index >= 15 is 0 Å². The Morgan fingerprint density at radius 2 is 1.84 bits per heavy atom. The Kier molecular flexibility index (Phi) is 7.15. The lowest BCUT2D eigenvalue weighted by Crippen LogP contribution is -2.29. The first kappa shape index (κ1) is 15.7. The first-order valence-corrected chi connectivity index (χ1v) is 6.49. The number of hydrogen-bond acceptors (Lipinski definition) is 4. The van der Waals surface area contributed by atoms with Gasteiger partial charge in [0.05, 0.1) is 20.1 Å². The molecular weight excluding hydrogens is 242 g/mol. The quantitative estimate of drug-likeness (QED) is 0.674. The van der Waals surface area contributed by atoms with Gasteiger partial charge in [-0.3, -0.25) is 9.69 Å². The molecule has 0 amide bonds. The number of nitrogens with zero attached hydrogens (tertiary/aromatic N) is 1. The topological polar surface area (TPSA) is 38.8 Å². The molecule has 0 bridgehead atoms. The van der Waals surface area contributed by atoms with E-state index in [1.54, 1.807) is 7.11 Å². The molecule has 0 aromatic heterocycles. The van der Waals surface area contributed by atoms with Crippen LogP contribution < -0.4 is 0 Å². The Hall–Kier alpha value is -1.39. The van der Waals surface area contributed by atoms with Gasteiger partial charge in [-0.25, -0.2) is 0 Å². The molecule has 0 spiro atoms. The molecule has 0 radical (unpaired) electrons. The van der Waals surface area contributed by atoms with Crippen molar-refractivity contribution in [3.05, 3.63) is 35.4 Å². The SMILES string of the molecule is COCCN(CCC(=O)OC)Cc1ccc(C)cc1. The number of esters is 1. The molecule has 0 fully saturated rings. The van der Waals surface area contributed by atoms with Gasteiger partial charge >= 0.3 is 5.97 Å². The molecule has 0 atom stereocenters. The lowest BCUT2D eigenvalue weighted by atomic mass is 10.1. The highest BCUT2D eigenvalue weighted by Crippen LogP contribution is 2.07. The molecule has 19 heavy (non-hydrogen) atoms. The minimum absolute atomic E-state index is 0.175. The van der Waals surface area contributed by atoms with Crippen molar-refractivity contribution in [3.63, 3.8) is 0 Å². The number of rotatable bonds is 8. The maximum absolute atomic E-state index is 11.2. The van der Waals surface area contributed by atoms with Crippen molar-refractivity contribution >= 4 is 5.97 Å². The zero-order chi connectivity index (χ0) is 14.1. The van der Waals surface area contributed by atoms with Crippen LogP contribution in [-0.2, 0) is 20.8 Å². The minimum atomic E-state index is -0.175. The van der Waals surface area contributed by atoms with Gasteiger partial charge in [-0.1, -0.05) is 29.8 Å². The van der Waals surface area contributed by atoms with Gasteiger partial charge in [0.15, 0.2) is 0 Å². The number of aryl methyl sites for hydroxylation is 1. The summed E-state index contributed by atoms with van der Waals surface area (Å²) >= 11 is 0. The Bertz CT molecular complexity index is 375. The number of methoxy groups -OCH3 is 2. The van der Waals surface area contributed by atoms with Crippen LogP contribution in [0, 0.1) is 6.92 Å². The summed E-state index contributed by atoms with van der Waals surface area (Å²) in [5, 5.41) is 0. The fraction of sp³-hybridized carbons (Fsp3) is 0.533. The predicted octanol–water partition coefficient (Wildman–Crippen LogP) is 2.01. The molecule has 1 aromatic rings. The number of ether oxygens (including phenoxy) is 2. The molecule has 0 saturated heterocycles. The second-order valence-electron chi connectivity index (χ2n) is 4.58. The van der Waals surface area contributed by atoms with Crippen molar-refractivity contribution in [3.8, 4) is 0 Å². The van der Waals surface area contributed by atoms with Crippen LogP contribution in [0.2, 0.25) is 0 Å². The van der Waals surface area contributed by atoms with Crippen molar-refractivity contribution in [2.75, 3.05) is 33.9 Å². The maximum Gasteiger partial charge on any atom is 0.306 e. The summed E-state index contributed by atoms with van der Waals surface area (Å²) < 4.78 is 9.78. The summed E-state index contributed by atoms with van der Waals surface area (Å²) in [6.07, 6.45) is 0.409. The maximum atomic E-state index is 11.2. The van der Waals surface area contributed by atoms with Crippen LogP contribution in [0.3, 0.4) is 0 Å². The summed E-state index contributed by atoms with van der Waals surface area (Å²) in [5.74, 6) is -0.175. The van der Waals surface area contributed by atoms with Crippen LogP contribution in [0.5, 0.6) is 0 Å². The van der Waals surface area contributed by atoms with Gasteiger partial charge in [0.2, 0.25) is 0 Å². The van der Waals surface area contributed by atoms with Crippen molar-refractivity contribution < 1.29 is 14.3 Å². The van der Waals surface area contributed by atoms with E-state index in [2.05, 4.69) is 40.8 Å². The average Bonchev–Trinajstić information content (AvgIpc) is 2.43. The smallest absolute Gasteiger partial charge is 0.306 e. The molecule has 1 rings (SSSR count). The highest BCUT2D eigenvalue weighted by molar-refractivity contribution is 5.69. The van der Waals surface area contributed by atoms with Gasteiger partial charge in [0.1, 0.15) is 0 Å². The summed E-state index contributed by atoms with van der Waals surface area (Å²) in [6, 6.07) is 8.44. The molecule has 0 saturated carbocycles. The number of carbonyl (C=O) groups is 1. The van der Waals surface area contributed by atoms with Crippen LogP contribution in [-0.4, -0.2) is 44.8 Å². The van der Waals surface area contributed by atoms with Gasteiger partial charge in [-0.05, 0) is 12.5 Å². The van der Waals surface area contributed by atoms with E-state index in [0.29, 0.717) is 19.6 Å². The van der Waals surface area contributed by atoms with E-state index < -0.39 is 0 Å². The molecule has 0 heterocycles. The summed E-state index contributed by atoms with van der Waals surface area (Å²) in [7, 11) is 3.10.